The Balaban J connectivity index is 2.13. The smallest absolute Gasteiger partial charge is 0.188 e. The minimum atomic E-state index is -0.0757. The highest BCUT2D eigenvalue weighted by Crippen LogP contribution is 2.38. The predicted molar refractivity (Wildman–Crippen MR) is 92.6 cm³/mol. The Labute approximate surface area is 138 Å². The Kier molecular flexibility index (Phi) is 6.52. The van der Waals surface area contributed by atoms with Crippen LogP contribution in [0.2, 0.25) is 5.02 Å². The van der Waals surface area contributed by atoms with Crippen molar-refractivity contribution in [2.75, 3.05) is 26.3 Å². The number of nitrogens with one attached hydrogen (secondary N) is 1. The lowest BCUT2D eigenvalue weighted by atomic mass is 9.74. The molecule has 5 heteroatoms. The van der Waals surface area contributed by atoms with Crippen LogP contribution in [0.4, 0.5) is 0 Å². The van der Waals surface area contributed by atoms with Gasteiger partial charge in [-0.15, -0.1) is 0 Å². The monoisotopic (exact) mass is 323 g/mol. The number of rotatable bonds is 6. The molecule has 1 heterocycles. The van der Waals surface area contributed by atoms with E-state index in [0.717, 1.165) is 56.0 Å². The topological polar surface area (TPSA) is 59.6 Å². The quantitative estimate of drug-likeness (QED) is 0.480. The van der Waals surface area contributed by atoms with Crippen LogP contribution in [0.3, 0.4) is 0 Å². The fourth-order valence-electron chi connectivity index (χ4n) is 2.85. The summed E-state index contributed by atoms with van der Waals surface area (Å²) in [4.78, 5) is 4.58. The molecule has 4 nitrogen and oxygen atoms in total. The molecule has 0 saturated carbocycles. The van der Waals surface area contributed by atoms with Gasteiger partial charge < -0.3 is 15.8 Å². The van der Waals surface area contributed by atoms with Gasteiger partial charge in [-0.05, 0) is 30.9 Å². The van der Waals surface area contributed by atoms with E-state index in [0.29, 0.717) is 12.5 Å². The van der Waals surface area contributed by atoms with Gasteiger partial charge in [0.25, 0.3) is 0 Å². The summed E-state index contributed by atoms with van der Waals surface area (Å²) in [5.41, 5.74) is 7.06. The van der Waals surface area contributed by atoms with E-state index in [1.807, 2.05) is 18.2 Å². The summed E-state index contributed by atoms with van der Waals surface area (Å²) in [6.07, 6.45) is 4.08. The van der Waals surface area contributed by atoms with Crippen molar-refractivity contribution in [3.63, 3.8) is 0 Å². The molecule has 1 fully saturated rings. The van der Waals surface area contributed by atoms with Crippen LogP contribution in [-0.2, 0) is 10.2 Å². The molecular formula is C17H26ClN3O. The maximum Gasteiger partial charge on any atom is 0.188 e. The van der Waals surface area contributed by atoms with Crippen molar-refractivity contribution < 1.29 is 4.74 Å². The molecule has 0 atom stereocenters. The SMILES string of the molecule is CCCCNC(N)=NCC1(c2ccccc2Cl)CCOCC1. The average Bonchev–Trinajstić information content (AvgIpc) is 2.54. The molecule has 0 amide bonds. The zero-order chi connectivity index (χ0) is 15.8. The second-order valence-corrected chi connectivity index (χ2v) is 6.26. The van der Waals surface area contributed by atoms with Gasteiger partial charge in [0.15, 0.2) is 5.96 Å². The molecule has 1 aromatic carbocycles. The summed E-state index contributed by atoms with van der Waals surface area (Å²) in [6.45, 7) is 5.15. The minimum Gasteiger partial charge on any atom is -0.381 e. The lowest BCUT2D eigenvalue weighted by Gasteiger charge is -2.37. The Hall–Kier alpha value is -1.26. The van der Waals surface area contributed by atoms with Crippen molar-refractivity contribution in [3.8, 4) is 0 Å². The van der Waals surface area contributed by atoms with Gasteiger partial charge in [-0.2, -0.15) is 0 Å². The Morgan fingerprint density at radius 3 is 2.77 bits per heavy atom. The Morgan fingerprint density at radius 2 is 2.09 bits per heavy atom. The zero-order valence-electron chi connectivity index (χ0n) is 13.3. The molecule has 0 radical (unpaired) electrons. The van der Waals surface area contributed by atoms with Crippen molar-refractivity contribution >= 4 is 17.6 Å². The Bertz CT molecular complexity index is 498. The van der Waals surface area contributed by atoms with Crippen LogP contribution in [0.1, 0.15) is 38.2 Å². The molecule has 122 valence electrons. The summed E-state index contributed by atoms with van der Waals surface area (Å²) < 4.78 is 5.53. The standard InChI is InChI=1S/C17H26ClN3O/c1-2-3-10-20-16(19)21-13-17(8-11-22-12-9-17)14-6-4-5-7-15(14)18/h4-7H,2-3,8-13H2,1H3,(H3,19,20,21). The first-order chi connectivity index (χ1) is 10.7. The molecule has 1 aromatic rings. The first kappa shape index (κ1) is 17.1. The molecule has 0 unspecified atom stereocenters. The van der Waals surface area contributed by atoms with E-state index >= 15 is 0 Å². The number of unbranched alkanes of at least 4 members (excludes halogenated alkanes) is 1. The summed E-state index contributed by atoms with van der Waals surface area (Å²) >= 11 is 6.43. The lowest BCUT2D eigenvalue weighted by molar-refractivity contribution is 0.0531. The van der Waals surface area contributed by atoms with E-state index in [9.17, 15) is 0 Å². The lowest BCUT2D eigenvalue weighted by Crippen LogP contribution is -2.39. The maximum absolute atomic E-state index is 6.43. The van der Waals surface area contributed by atoms with E-state index < -0.39 is 0 Å². The third-order valence-electron chi connectivity index (χ3n) is 4.28. The van der Waals surface area contributed by atoms with Crippen LogP contribution in [0.15, 0.2) is 29.3 Å². The summed E-state index contributed by atoms with van der Waals surface area (Å²) in [5.74, 6) is 0.520. The van der Waals surface area contributed by atoms with Crippen LogP contribution in [0.25, 0.3) is 0 Å². The van der Waals surface area contributed by atoms with E-state index in [-0.39, 0.29) is 5.41 Å². The second kappa shape index (κ2) is 8.39. The van der Waals surface area contributed by atoms with Crippen LogP contribution in [0, 0.1) is 0 Å². The molecule has 0 spiro atoms. The molecule has 1 aliphatic heterocycles. The van der Waals surface area contributed by atoms with Crippen molar-refractivity contribution in [1.82, 2.24) is 5.32 Å². The Morgan fingerprint density at radius 1 is 1.36 bits per heavy atom. The predicted octanol–water partition coefficient (Wildman–Crippen LogP) is 3.09. The number of ether oxygens (including phenoxy) is 1. The van der Waals surface area contributed by atoms with E-state index in [4.69, 9.17) is 22.1 Å². The fraction of sp³-hybridized carbons (Fsp3) is 0.588. The number of aliphatic imine (C=N–C) groups is 1. The minimum absolute atomic E-state index is 0.0757. The van der Waals surface area contributed by atoms with Crippen molar-refractivity contribution in [1.29, 1.82) is 0 Å². The van der Waals surface area contributed by atoms with Gasteiger partial charge in [0.2, 0.25) is 0 Å². The van der Waals surface area contributed by atoms with Crippen LogP contribution in [-0.4, -0.2) is 32.3 Å². The molecule has 0 bridgehead atoms. The second-order valence-electron chi connectivity index (χ2n) is 5.85. The van der Waals surface area contributed by atoms with Gasteiger partial charge >= 0.3 is 0 Å². The van der Waals surface area contributed by atoms with Gasteiger partial charge in [-0.25, -0.2) is 0 Å². The number of halogens is 1. The van der Waals surface area contributed by atoms with E-state index in [2.05, 4.69) is 23.3 Å². The summed E-state index contributed by atoms with van der Waals surface area (Å²) in [7, 11) is 0. The molecule has 3 N–H and O–H groups in total. The highest BCUT2D eigenvalue weighted by Gasteiger charge is 2.35. The third-order valence-corrected chi connectivity index (χ3v) is 4.61. The van der Waals surface area contributed by atoms with E-state index in [1.54, 1.807) is 0 Å². The summed E-state index contributed by atoms with van der Waals surface area (Å²) in [5, 5.41) is 3.97. The van der Waals surface area contributed by atoms with Crippen LogP contribution in [0.5, 0.6) is 0 Å². The molecule has 0 aromatic heterocycles. The highest BCUT2D eigenvalue weighted by atomic mass is 35.5. The third kappa shape index (κ3) is 4.37. The first-order valence-electron chi connectivity index (χ1n) is 8.04. The highest BCUT2D eigenvalue weighted by molar-refractivity contribution is 6.31. The normalized spacial score (nSPS) is 18.2. The first-order valence-corrected chi connectivity index (χ1v) is 8.42. The number of hydrogen-bond acceptors (Lipinski definition) is 2. The molecule has 2 rings (SSSR count). The van der Waals surface area contributed by atoms with Crippen molar-refractivity contribution in [3.05, 3.63) is 34.9 Å². The van der Waals surface area contributed by atoms with Gasteiger partial charge in [0, 0.05) is 30.2 Å². The molecule has 1 aliphatic rings. The molecule has 0 aliphatic carbocycles. The number of benzene rings is 1. The van der Waals surface area contributed by atoms with Gasteiger partial charge in [-0.1, -0.05) is 43.1 Å². The van der Waals surface area contributed by atoms with Crippen LogP contribution < -0.4 is 11.1 Å². The maximum atomic E-state index is 6.43. The largest absolute Gasteiger partial charge is 0.381 e. The van der Waals surface area contributed by atoms with Gasteiger partial charge in [0.1, 0.15) is 0 Å². The van der Waals surface area contributed by atoms with Crippen LogP contribution >= 0.6 is 11.6 Å². The number of nitrogens with zero attached hydrogens (tertiary/aromatic N) is 1. The number of nitrogens with two attached hydrogens (primary N) is 1. The number of hydrogen-bond donors (Lipinski definition) is 2. The fourth-order valence-corrected chi connectivity index (χ4v) is 3.19. The average molecular weight is 324 g/mol. The molecule has 1 saturated heterocycles. The van der Waals surface area contributed by atoms with Crippen molar-refractivity contribution in [2.24, 2.45) is 10.7 Å². The zero-order valence-corrected chi connectivity index (χ0v) is 14.0. The van der Waals surface area contributed by atoms with Gasteiger partial charge in [-0.3, -0.25) is 4.99 Å². The molecule has 22 heavy (non-hydrogen) atoms. The van der Waals surface area contributed by atoms with Crippen molar-refractivity contribution in [2.45, 2.75) is 38.0 Å². The summed E-state index contributed by atoms with van der Waals surface area (Å²) in [6, 6.07) is 8.04. The van der Waals surface area contributed by atoms with E-state index in [1.165, 1.54) is 0 Å². The van der Waals surface area contributed by atoms with Gasteiger partial charge in [0.05, 0.1) is 6.54 Å². The number of guanidine groups is 1. The molecular weight excluding hydrogens is 298 g/mol.